The number of rotatable bonds is 7. The number of nitrogens with one attached hydrogen (secondary N) is 2. The zero-order valence-corrected chi connectivity index (χ0v) is 19.3. The van der Waals surface area contributed by atoms with E-state index in [1.54, 1.807) is 36.1 Å². The second-order valence-corrected chi connectivity index (χ2v) is 8.10. The van der Waals surface area contributed by atoms with Crippen molar-refractivity contribution in [1.82, 2.24) is 15.1 Å². The zero-order chi connectivity index (χ0) is 23.8. The van der Waals surface area contributed by atoms with Crippen molar-refractivity contribution < 1.29 is 23.9 Å². The van der Waals surface area contributed by atoms with Gasteiger partial charge in [-0.15, -0.1) is 0 Å². The molecule has 2 heterocycles. The van der Waals surface area contributed by atoms with Crippen LogP contribution < -0.4 is 10.2 Å². The molecule has 10 heteroatoms. The summed E-state index contributed by atoms with van der Waals surface area (Å²) in [5.74, 6) is -0.189. The van der Waals surface area contributed by atoms with E-state index in [0.29, 0.717) is 37.8 Å². The van der Waals surface area contributed by atoms with Crippen LogP contribution in [0.1, 0.15) is 32.3 Å². The lowest BCUT2D eigenvalue weighted by molar-refractivity contribution is -0.144. The maximum absolute atomic E-state index is 12.9. The first-order valence-corrected chi connectivity index (χ1v) is 11.5. The Balaban J connectivity index is 1.48. The maximum Gasteiger partial charge on any atom is 0.412 e. The summed E-state index contributed by atoms with van der Waals surface area (Å²) in [6.45, 7) is 7.87. The van der Waals surface area contributed by atoms with Gasteiger partial charge >= 0.3 is 12.1 Å². The summed E-state index contributed by atoms with van der Waals surface area (Å²) < 4.78 is 9.81. The van der Waals surface area contributed by atoms with Crippen molar-refractivity contribution >= 4 is 29.5 Å². The normalized spacial score (nSPS) is 18.1. The van der Waals surface area contributed by atoms with Gasteiger partial charge < -0.3 is 14.4 Å². The van der Waals surface area contributed by atoms with Crippen molar-refractivity contribution in [2.75, 3.05) is 57.4 Å². The van der Waals surface area contributed by atoms with Gasteiger partial charge in [-0.3, -0.25) is 30.1 Å². The monoisotopic (exact) mass is 459 g/mol. The van der Waals surface area contributed by atoms with E-state index >= 15 is 0 Å². The largest absolute Gasteiger partial charge is 0.465 e. The summed E-state index contributed by atoms with van der Waals surface area (Å²) in [6.07, 6.45) is 1.19. The fraction of sp³-hybridized carbons (Fsp3) is 0.565. The van der Waals surface area contributed by atoms with E-state index in [9.17, 15) is 14.4 Å². The van der Waals surface area contributed by atoms with Gasteiger partial charge in [0.05, 0.1) is 26.3 Å². The van der Waals surface area contributed by atoms with Gasteiger partial charge in [-0.25, -0.2) is 4.79 Å². The SMILES string of the molecule is CCOC(=O)CN1CCC(N2CCN(c3ccc(C(=N)NC(=O)OCC)cc3)C(=O)C2)CC1. The second kappa shape index (κ2) is 11.8. The van der Waals surface area contributed by atoms with Crippen molar-refractivity contribution in [2.24, 2.45) is 0 Å². The molecule has 2 fully saturated rings. The number of piperidine rings is 1. The number of carbonyl (C=O) groups excluding carboxylic acids is 3. The van der Waals surface area contributed by atoms with Gasteiger partial charge in [-0.1, -0.05) is 0 Å². The van der Waals surface area contributed by atoms with E-state index in [4.69, 9.17) is 14.9 Å². The van der Waals surface area contributed by atoms with Crippen LogP contribution >= 0.6 is 0 Å². The number of ether oxygens (including phenoxy) is 2. The van der Waals surface area contributed by atoms with E-state index in [1.165, 1.54) is 0 Å². The maximum atomic E-state index is 12.9. The fourth-order valence-corrected chi connectivity index (χ4v) is 4.26. The number of likely N-dealkylation sites (tertiary alicyclic amines) is 1. The van der Waals surface area contributed by atoms with E-state index in [0.717, 1.165) is 38.2 Å². The molecule has 2 saturated heterocycles. The first kappa shape index (κ1) is 24.7. The summed E-state index contributed by atoms with van der Waals surface area (Å²) in [7, 11) is 0. The molecule has 180 valence electrons. The van der Waals surface area contributed by atoms with Gasteiger partial charge in [0.2, 0.25) is 5.91 Å². The van der Waals surface area contributed by atoms with Gasteiger partial charge in [-0.2, -0.15) is 0 Å². The molecular weight excluding hydrogens is 426 g/mol. The van der Waals surface area contributed by atoms with Crippen LogP contribution in [0.5, 0.6) is 0 Å². The smallest absolute Gasteiger partial charge is 0.412 e. The van der Waals surface area contributed by atoms with Gasteiger partial charge in [0.1, 0.15) is 5.84 Å². The molecule has 1 aromatic rings. The van der Waals surface area contributed by atoms with Crippen molar-refractivity contribution in [2.45, 2.75) is 32.7 Å². The number of benzene rings is 1. The highest BCUT2D eigenvalue weighted by atomic mass is 16.5. The van der Waals surface area contributed by atoms with Gasteiger partial charge in [0.25, 0.3) is 0 Å². The minimum absolute atomic E-state index is 0.0441. The van der Waals surface area contributed by atoms with Crippen molar-refractivity contribution in [3.8, 4) is 0 Å². The summed E-state index contributed by atoms with van der Waals surface area (Å²) in [5, 5.41) is 10.3. The number of carbonyl (C=O) groups is 3. The van der Waals surface area contributed by atoms with E-state index < -0.39 is 6.09 Å². The highest BCUT2D eigenvalue weighted by Gasteiger charge is 2.32. The second-order valence-electron chi connectivity index (χ2n) is 8.10. The van der Waals surface area contributed by atoms with E-state index in [-0.39, 0.29) is 24.3 Å². The molecule has 0 aliphatic carbocycles. The molecule has 2 N–H and O–H groups in total. The van der Waals surface area contributed by atoms with Crippen molar-refractivity contribution in [3.63, 3.8) is 0 Å². The van der Waals surface area contributed by atoms with Crippen LogP contribution in [0.4, 0.5) is 10.5 Å². The molecule has 0 atom stereocenters. The molecule has 3 rings (SSSR count). The summed E-state index contributed by atoms with van der Waals surface area (Å²) in [4.78, 5) is 42.1. The number of hydrogen-bond acceptors (Lipinski definition) is 8. The first-order chi connectivity index (χ1) is 15.9. The summed E-state index contributed by atoms with van der Waals surface area (Å²) in [6, 6.07) is 7.34. The average Bonchev–Trinajstić information content (AvgIpc) is 2.80. The number of amidine groups is 1. The topological polar surface area (TPSA) is 115 Å². The van der Waals surface area contributed by atoms with Crippen LogP contribution in [0.2, 0.25) is 0 Å². The minimum Gasteiger partial charge on any atom is -0.465 e. The van der Waals surface area contributed by atoms with Crippen LogP contribution in [-0.2, 0) is 19.1 Å². The first-order valence-electron chi connectivity index (χ1n) is 11.5. The molecule has 0 radical (unpaired) electrons. The minimum atomic E-state index is -0.662. The average molecular weight is 460 g/mol. The third kappa shape index (κ3) is 6.75. The van der Waals surface area contributed by atoms with E-state index in [1.807, 2.05) is 6.92 Å². The Bertz CT molecular complexity index is 851. The Hall–Kier alpha value is -2.98. The van der Waals surface area contributed by atoms with Crippen molar-refractivity contribution in [3.05, 3.63) is 29.8 Å². The molecule has 0 aromatic heterocycles. The summed E-state index contributed by atoms with van der Waals surface area (Å²) in [5.41, 5.74) is 1.31. The molecule has 2 aliphatic heterocycles. The zero-order valence-electron chi connectivity index (χ0n) is 19.3. The molecule has 1 aromatic carbocycles. The molecule has 0 unspecified atom stereocenters. The van der Waals surface area contributed by atoms with Crippen molar-refractivity contribution in [1.29, 1.82) is 5.41 Å². The number of amides is 2. The van der Waals surface area contributed by atoms with Crippen LogP contribution in [0.25, 0.3) is 0 Å². The number of esters is 1. The van der Waals surface area contributed by atoms with E-state index in [2.05, 4.69) is 15.1 Å². The number of nitrogens with zero attached hydrogens (tertiary/aromatic N) is 3. The Morgan fingerprint density at radius 3 is 2.30 bits per heavy atom. The Morgan fingerprint density at radius 1 is 1.03 bits per heavy atom. The van der Waals surface area contributed by atoms with Crippen LogP contribution in [0.3, 0.4) is 0 Å². The Labute approximate surface area is 194 Å². The summed E-state index contributed by atoms with van der Waals surface area (Å²) >= 11 is 0. The lowest BCUT2D eigenvalue weighted by Gasteiger charge is -2.42. The fourth-order valence-electron chi connectivity index (χ4n) is 4.26. The molecule has 0 spiro atoms. The molecule has 10 nitrogen and oxygen atoms in total. The molecule has 2 amide bonds. The standard InChI is InChI=1S/C23H33N5O5/c1-3-32-21(30)16-26-11-9-18(10-12-26)27-13-14-28(20(29)15-27)19-7-5-17(6-8-19)22(24)25-23(31)33-4-2/h5-8,18H,3-4,9-16H2,1-2H3,(H2,24,25,31). The predicted octanol–water partition coefficient (Wildman–Crippen LogP) is 1.43. The van der Waals surface area contributed by atoms with Crippen LogP contribution in [0, 0.1) is 5.41 Å². The molecule has 0 bridgehead atoms. The molecule has 33 heavy (non-hydrogen) atoms. The lowest BCUT2D eigenvalue weighted by atomic mass is 10.0. The van der Waals surface area contributed by atoms with Crippen LogP contribution in [0.15, 0.2) is 24.3 Å². The lowest BCUT2D eigenvalue weighted by Crippen LogP contribution is -2.56. The van der Waals surface area contributed by atoms with Gasteiger partial charge in [0.15, 0.2) is 0 Å². The van der Waals surface area contributed by atoms with Crippen LogP contribution in [-0.4, -0.2) is 92.1 Å². The quantitative estimate of drug-likeness (QED) is 0.360. The van der Waals surface area contributed by atoms with Gasteiger partial charge in [0, 0.05) is 43.5 Å². The number of anilines is 1. The Morgan fingerprint density at radius 2 is 1.70 bits per heavy atom. The highest BCUT2D eigenvalue weighted by molar-refractivity contribution is 6.05. The number of alkyl carbamates (subject to hydrolysis) is 1. The number of hydrogen-bond donors (Lipinski definition) is 2. The molecular formula is C23H33N5O5. The third-order valence-electron chi connectivity index (χ3n) is 5.95. The predicted molar refractivity (Wildman–Crippen MR) is 123 cm³/mol. The highest BCUT2D eigenvalue weighted by Crippen LogP contribution is 2.22. The Kier molecular flexibility index (Phi) is 8.79. The molecule has 0 saturated carbocycles. The third-order valence-corrected chi connectivity index (χ3v) is 5.95. The van der Waals surface area contributed by atoms with Gasteiger partial charge in [-0.05, 0) is 51.0 Å². The molecule has 2 aliphatic rings. The number of piperazine rings is 1.